The van der Waals surface area contributed by atoms with E-state index in [1.54, 1.807) is 31.6 Å². The van der Waals surface area contributed by atoms with Gasteiger partial charge in [0, 0.05) is 0 Å². The van der Waals surface area contributed by atoms with Crippen molar-refractivity contribution in [2.45, 2.75) is 26.5 Å². The molecule has 1 atom stereocenters. The van der Waals surface area contributed by atoms with Gasteiger partial charge in [-0.15, -0.1) is 0 Å². The van der Waals surface area contributed by atoms with Gasteiger partial charge in [-0.3, -0.25) is 9.36 Å². The number of nitrogens with zero attached hydrogens (tertiary/aromatic N) is 2. The fourth-order valence-corrected chi connectivity index (χ4v) is 6.15. The van der Waals surface area contributed by atoms with Crippen LogP contribution in [0.1, 0.15) is 36.6 Å². The number of esters is 1. The third-order valence-electron chi connectivity index (χ3n) is 6.41. The molecule has 2 heterocycles. The van der Waals surface area contributed by atoms with E-state index in [-0.39, 0.29) is 12.2 Å². The summed E-state index contributed by atoms with van der Waals surface area (Å²) in [6.45, 7) is 4.17. The van der Waals surface area contributed by atoms with E-state index in [2.05, 4.69) is 20.9 Å². The summed E-state index contributed by atoms with van der Waals surface area (Å²) >= 11 is 4.81. The van der Waals surface area contributed by atoms with Crippen molar-refractivity contribution in [2.75, 3.05) is 13.7 Å². The number of carbonyl (C=O) groups excluding carboxylic acids is 1. The van der Waals surface area contributed by atoms with E-state index in [0.717, 1.165) is 16.7 Å². The van der Waals surface area contributed by atoms with E-state index in [4.69, 9.17) is 14.2 Å². The third kappa shape index (κ3) is 5.66. The highest BCUT2D eigenvalue weighted by molar-refractivity contribution is 9.10. The number of fused-ring (bicyclic) bond motifs is 1. The first-order chi connectivity index (χ1) is 19.4. The van der Waals surface area contributed by atoms with Crippen LogP contribution in [-0.2, 0) is 16.1 Å². The molecule has 40 heavy (non-hydrogen) atoms. The largest absolute Gasteiger partial charge is 0.496 e. The van der Waals surface area contributed by atoms with Crippen LogP contribution in [0.3, 0.4) is 0 Å². The third-order valence-corrected chi connectivity index (χ3v) is 8.02. The highest BCUT2D eigenvalue weighted by atomic mass is 79.9. The fourth-order valence-electron chi connectivity index (χ4n) is 4.55. The number of benzene rings is 3. The summed E-state index contributed by atoms with van der Waals surface area (Å²) in [5.74, 6) is 0.842. The average Bonchev–Trinajstić information content (AvgIpc) is 3.25. The van der Waals surface area contributed by atoms with Gasteiger partial charge in [0.1, 0.15) is 18.1 Å². The molecule has 204 valence electrons. The van der Waals surface area contributed by atoms with Gasteiger partial charge < -0.3 is 14.2 Å². The van der Waals surface area contributed by atoms with Crippen LogP contribution in [0.2, 0.25) is 0 Å². The van der Waals surface area contributed by atoms with Crippen LogP contribution < -0.4 is 24.4 Å². The molecule has 0 N–H and O–H groups in total. The van der Waals surface area contributed by atoms with Gasteiger partial charge in [-0.05, 0) is 76.8 Å². The van der Waals surface area contributed by atoms with Crippen LogP contribution in [0.25, 0.3) is 6.08 Å². The number of halogens is 1. The maximum Gasteiger partial charge on any atom is 0.338 e. The van der Waals surface area contributed by atoms with Gasteiger partial charge in [0.15, 0.2) is 4.80 Å². The monoisotopic (exact) mass is 618 g/mol. The van der Waals surface area contributed by atoms with Crippen molar-refractivity contribution in [1.29, 1.82) is 0 Å². The molecule has 0 radical (unpaired) electrons. The van der Waals surface area contributed by atoms with E-state index in [1.165, 1.54) is 11.3 Å². The molecule has 1 aliphatic heterocycles. The Labute approximate surface area is 243 Å². The first-order valence-electron chi connectivity index (χ1n) is 12.7. The molecule has 3 aromatic carbocycles. The van der Waals surface area contributed by atoms with Crippen molar-refractivity contribution < 1.29 is 19.0 Å². The summed E-state index contributed by atoms with van der Waals surface area (Å²) < 4.78 is 19.5. The first kappa shape index (κ1) is 27.6. The minimum atomic E-state index is -0.708. The van der Waals surface area contributed by atoms with Crippen LogP contribution in [-0.4, -0.2) is 24.3 Å². The Morgan fingerprint density at radius 1 is 1.10 bits per heavy atom. The van der Waals surface area contributed by atoms with Crippen LogP contribution in [0.5, 0.6) is 11.5 Å². The highest BCUT2D eigenvalue weighted by Gasteiger charge is 2.33. The molecule has 5 rings (SSSR count). The standard InChI is InChI=1S/C31H27BrN2O5S/c1-4-38-30(36)27-19(2)33-31-34(28(27)22-13-14-25(37-3)24(32)17-22)29(35)26(40-31)16-21-11-8-12-23(15-21)39-18-20-9-6-5-7-10-20/h5-17,28H,4,18H2,1-3H3/b26-16+/t28-/m1/s1. The molecular formula is C31H27BrN2O5S. The number of rotatable bonds is 8. The number of thiazole rings is 1. The number of methoxy groups -OCH3 is 1. The van der Waals surface area contributed by atoms with Gasteiger partial charge in [-0.2, -0.15) is 0 Å². The lowest BCUT2D eigenvalue weighted by atomic mass is 9.96. The second kappa shape index (κ2) is 12.1. The zero-order valence-corrected chi connectivity index (χ0v) is 24.6. The molecule has 9 heteroatoms. The maximum atomic E-state index is 13.9. The zero-order valence-electron chi connectivity index (χ0n) is 22.2. The Hall–Kier alpha value is -3.95. The molecule has 0 saturated carbocycles. The van der Waals surface area contributed by atoms with Crippen molar-refractivity contribution in [3.05, 3.63) is 125 Å². The fraction of sp³-hybridized carbons (Fsp3) is 0.194. The summed E-state index contributed by atoms with van der Waals surface area (Å²) in [4.78, 5) is 32.1. The molecule has 0 spiro atoms. The lowest BCUT2D eigenvalue weighted by molar-refractivity contribution is -0.139. The van der Waals surface area contributed by atoms with Crippen LogP contribution >= 0.6 is 27.3 Å². The van der Waals surface area contributed by atoms with Crippen molar-refractivity contribution in [3.63, 3.8) is 0 Å². The number of allylic oxidation sites excluding steroid dienone is 1. The second-order valence-electron chi connectivity index (χ2n) is 9.04. The Morgan fingerprint density at radius 3 is 2.62 bits per heavy atom. The van der Waals surface area contributed by atoms with Crippen molar-refractivity contribution in [2.24, 2.45) is 4.99 Å². The molecule has 1 aromatic heterocycles. The second-order valence-corrected chi connectivity index (χ2v) is 10.9. The lowest BCUT2D eigenvalue weighted by Crippen LogP contribution is -2.39. The van der Waals surface area contributed by atoms with Crippen LogP contribution in [0.15, 0.2) is 98.3 Å². The number of ether oxygens (including phenoxy) is 3. The zero-order chi connectivity index (χ0) is 28.2. The molecular weight excluding hydrogens is 592 g/mol. The molecule has 0 aliphatic carbocycles. The Balaban J connectivity index is 1.57. The van der Waals surface area contributed by atoms with E-state index in [1.807, 2.05) is 72.8 Å². The number of hydrogen-bond donors (Lipinski definition) is 0. The predicted molar refractivity (Wildman–Crippen MR) is 158 cm³/mol. The predicted octanol–water partition coefficient (Wildman–Crippen LogP) is 5.15. The molecule has 0 unspecified atom stereocenters. The molecule has 7 nitrogen and oxygen atoms in total. The minimum absolute atomic E-state index is 0.210. The van der Waals surface area contributed by atoms with E-state index >= 15 is 0 Å². The van der Waals surface area contributed by atoms with Gasteiger partial charge in [0.2, 0.25) is 0 Å². The first-order valence-corrected chi connectivity index (χ1v) is 14.3. The van der Waals surface area contributed by atoms with E-state index < -0.39 is 12.0 Å². The van der Waals surface area contributed by atoms with Gasteiger partial charge in [-0.25, -0.2) is 9.79 Å². The number of aromatic nitrogens is 1. The number of hydrogen-bond acceptors (Lipinski definition) is 7. The smallest absolute Gasteiger partial charge is 0.338 e. The summed E-state index contributed by atoms with van der Waals surface area (Å²) in [7, 11) is 1.58. The topological polar surface area (TPSA) is 79.1 Å². The average molecular weight is 620 g/mol. The van der Waals surface area contributed by atoms with Crippen LogP contribution in [0.4, 0.5) is 0 Å². The molecule has 4 aromatic rings. The van der Waals surface area contributed by atoms with Gasteiger partial charge in [-0.1, -0.05) is 59.9 Å². The van der Waals surface area contributed by atoms with Gasteiger partial charge >= 0.3 is 5.97 Å². The van der Waals surface area contributed by atoms with Crippen molar-refractivity contribution in [1.82, 2.24) is 4.57 Å². The lowest BCUT2D eigenvalue weighted by Gasteiger charge is -2.25. The summed E-state index contributed by atoms with van der Waals surface area (Å²) in [6.07, 6.45) is 1.82. The molecule has 0 amide bonds. The van der Waals surface area contributed by atoms with Gasteiger partial charge in [0.25, 0.3) is 5.56 Å². The Kier molecular flexibility index (Phi) is 8.32. The quantitative estimate of drug-likeness (QED) is 0.255. The van der Waals surface area contributed by atoms with Crippen molar-refractivity contribution >= 4 is 39.3 Å². The molecule has 0 saturated heterocycles. The SMILES string of the molecule is CCOC(=O)C1=C(C)N=c2s/c(=C/c3cccc(OCc4ccccc4)c3)c(=O)n2[C@@H]1c1ccc(OC)c(Br)c1. The van der Waals surface area contributed by atoms with Gasteiger partial charge in [0.05, 0.1) is 40.0 Å². The van der Waals surface area contributed by atoms with Crippen molar-refractivity contribution in [3.8, 4) is 11.5 Å². The summed E-state index contributed by atoms with van der Waals surface area (Å²) in [5, 5.41) is 0. The highest BCUT2D eigenvalue weighted by Crippen LogP contribution is 2.35. The number of carbonyl (C=O) groups is 1. The maximum absolute atomic E-state index is 13.9. The Bertz CT molecular complexity index is 1780. The summed E-state index contributed by atoms with van der Waals surface area (Å²) in [5.41, 5.74) is 3.22. The molecule has 1 aliphatic rings. The Morgan fingerprint density at radius 2 is 1.90 bits per heavy atom. The normalized spacial score (nSPS) is 14.9. The molecule has 0 fully saturated rings. The van der Waals surface area contributed by atoms with E-state index in [9.17, 15) is 9.59 Å². The van der Waals surface area contributed by atoms with E-state index in [0.29, 0.717) is 43.2 Å². The molecule has 0 bridgehead atoms. The van der Waals surface area contributed by atoms with Crippen LogP contribution in [0, 0.1) is 0 Å². The summed E-state index contributed by atoms with van der Waals surface area (Å²) in [6, 6.07) is 22.3. The minimum Gasteiger partial charge on any atom is -0.496 e.